The summed E-state index contributed by atoms with van der Waals surface area (Å²) in [5, 5.41) is 0. The van der Waals surface area contributed by atoms with Crippen LogP contribution in [0, 0.1) is 6.92 Å². The van der Waals surface area contributed by atoms with Gasteiger partial charge in [0, 0.05) is 23.9 Å². The van der Waals surface area contributed by atoms with Crippen LogP contribution in [0.25, 0.3) is 11.0 Å². The average molecular weight is 329 g/mol. The molecule has 2 aromatic rings. The molecule has 0 saturated carbocycles. The van der Waals surface area contributed by atoms with E-state index in [2.05, 4.69) is 4.98 Å². The fraction of sp³-hybridized carbons (Fsp3) is 0.333. The van der Waals surface area contributed by atoms with Gasteiger partial charge in [-0.3, -0.25) is 0 Å². The Kier molecular flexibility index (Phi) is 6.01. The number of aromatic nitrogens is 2. The summed E-state index contributed by atoms with van der Waals surface area (Å²) in [7, 11) is 0. The van der Waals surface area contributed by atoms with Crippen molar-refractivity contribution in [1.29, 1.82) is 0 Å². The molecule has 0 spiro atoms. The normalized spacial score (nSPS) is 10.3. The van der Waals surface area contributed by atoms with E-state index in [1.54, 1.807) is 13.8 Å². The molecule has 0 unspecified atom stereocenters. The summed E-state index contributed by atoms with van der Waals surface area (Å²) >= 11 is 0. The zero-order chi connectivity index (χ0) is 17.5. The van der Waals surface area contributed by atoms with Crippen molar-refractivity contribution in [3.05, 3.63) is 47.8 Å². The molecular weight excluding hydrogens is 308 g/mol. The molecule has 0 atom stereocenters. The number of hydrogen-bond donors (Lipinski definition) is 0. The lowest BCUT2D eigenvalue weighted by Crippen LogP contribution is -2.34. The number of hydrogen-bond acceptors (Lipinski definition) is 5. The molecule has 126 valence electrons. The molecule has 24 heavy (non-hydrogen) atoms. The van der Waals surface area contributed by atoms with Crippen molar-refractivity contribution >= 4 is 23.0 Å². The van der Waals surface area contributed by atoms with E-state index >= 15 is 0 Å². The van der Waals surface area contributed by atoms with Crippen LogP contribution in [0.2, 0.25) is 0 Å². The summed E-state index contributed by atoms with van der Waals surface area (Å²) < 4.78 is 11.8. The van der Waals surface area contributed by atoms with E-state index in [-0.39, 0.29) is 18.8 Å². The zero-order valence-electron chi connectivity index (χ0n) is 14.1. The van der Waals surface area contributed by atoms with Gasteiger partial charge in [0.25, 0.3) is 0 Å². The van der Waals surface area contributed by atoms with Crippen molar-refractivity contribution in [2.24, 2.45) is 0 Å². The van der Waals surface area contributed by atoms with Gasteiger partial charge in [0.2, 0.25) is 5.52 Å². The smallest absolute Gasteiger partial charge is 0.345 e. The summed E-state index contributed by atoms with van der Waals surface area (Å²) in [6.45, 7) is 6.02. The lowest BCUT2D eigenvalue weighted by molar-refractivity contribution is -0.661. The minimum atomic E-state index is -0.675. The fourth-order valence-electron chi connectivity index (χ4n) is 2.27. The van der Waals surface area contributed by atoms with Crippen molar-refractivity contribution in [3.8, 4) is 0 Å². The molecule has 0 aliphatic heterocycles. The lowest BCUT2D eigenvalue weighted by Gasteiger charge is -2.06. The fourth-order valence-corrected chi connectivity index (χ4v) is 2.27. The van der Waals surface area contributed by atoms with Crippen LogP contribution >= 0.6 is 0 Å². The SMILES string of the molecule is CCOC(=O)C(=CC[n+]1cccc2nc(C)ccc21)C(=O)OCC. The highest BCUT2D eigenvalue weighted by Gasteiger charge is 2.22. The van der Waals surface area contributed by atoms with Crippen LogP contribution in [0.5, 0.6) is 0 Å². The first-order chi connectivity index (χ1) is 11.6. The first kappa shape index (κ1) is 17.6. The predicted octanol–water partition coefficient (Wildman–Crippen LogP) is 1.88. The Morgan fingerprint density at radius 2 is 1.79 bits per heavy atom. The van der Waals surface area contributed by atoms with E-state index in [1.807, 2.05) is 42.0 Å². The van der Waals surface area contributed by atoms with Crippen LogP contribution in [0.1, 0.15) is 19.5 Å². The van der Waals surface area contributed by atoms with E-state index < -0.39 is 11.9 Å². The Hall–Kier alpha value is -2.76. The maximum atomic E-state index is 12.0. The van der Waals surface area contributed by atoms with Crippen LogP contribution in [0.3, 0.4) is 0 Å². The molecule has 0 saturated heterocycles. The number of carbonyl (C=O) groups is 2. The van der Waals surface area contributed by atoms with Crippen LogP contribution in [0.4, 0.5) is 0 Å². The van der Waals surface area contributed by atoms with E-state index in [0.29, 0.717) is 6.54 Å². The number of rotatable bonds is 6. The highest BCUT2D eigenvalue weighted by molar-refractivity contribution is 6.13. The van der Waals surface area contributed by atoms with Crippen molar-refractivity contribution in [1.82, 2.24) is 4.98 Å². The number of pyridine rings is 2. The van der Waals surface area contributed by atoms with Gasteiger partial charge in [-0.25, -0.2) is 14.6 Å². The molecule has 2 heterocycles. The second-order valence-corrected chi connectivity index (χ2v) is 5.08. The largest absolute Gasteiger partial charge is 0.462 e. The first-order valence-electron chi connectivity index (χ1n) is 7.87. The second-order valence-electron chi connectivity index (χ2n) is 5.08. The van der Waals surface area contributed by atoms with Gasteiger partial charge >= 0.3 is 11.9 Å². The third kappa shape index (κ3) is 4.16. The van der Waals surface area contributed by atoms with E-state index in [1.165, 1.54) is 6.08 Å². The average Bonchev–Trinajstić information content (AvgIpc) is 2.55. The molecule has 2 rings (SSSR count). The van der Waals surface area contributed by atoms with Gasteiger partial charge in [-0.05, 0) is 32.9 Å². The molecule has 0 amide bonds. The van der Waals surface area contributed by atoms with Crippen LogP contribution < -0.4 is 4.57 Å². The second kappa shape index (κ2) is 8.19. The Bertz CT molecular complexity index is 764. The maximum absolute atomic E-state index is 12.0. The molecule has 0 bridgehead atoms. The Labute approximate surface area is 140 Å². The van der Waals surface area contributed by atoms with Crippen LogP contribution in [-0.2, 0) is 25.6 Å². The molecule has 6 nitrogen and oxygen atoms in total. The molecule has 0 aromatic carbocycles. The predicted molar refractivity (Wildman–Crippen MR) is 88.0 cm³/mol. The highest BCUT2D eigenvalue weighted by atomic mass is 16.6. The summed E-state index contributed by atoms with van der Waals surface area (Å²) in [4.78, 5) is 28.4. The van der Waals surface area contributed by atoms with Crippen molar-refractivity contribution in [2.75, 3.05) is 13.2 Å². The van der Waals surface area contributed by atoms with Gasteiger partial charge in [-0.2, -0.15) is 4.57 Å². The van der Waals surface area contributed by atoms with Gasteiger partial charge < -0.3 is 9.47 Å². The zero-order valence-corrected chi connectivity index (χ0v) is 14.1. The molecule has 0 N–H and O–H groups in total. The highest BCUT2D eigenvalue weighted by Crippen LogP contribution is 2.08. The monoisotopic (exact) mass is 329 g/mol. The molecule has 0 radical (unpaired) electrons. The number of aryl methyl sites for hydroxylation is 1. The van der Waals surface area contributed by atoms with E-state index in [4.69, 9.17) is 9.47 Å². The number of allylic oxidation sites excluding steroid dienone is 1. The maximum Gasteiger partial charge on any atom is 0.345 e. The topological polar surface area (TPSA) is 69.4 Å². The number of carbonyl (C=O) groups excluding carboxylic acids is 2. The van der Waals surface area contributed by atoms with Gasteiger partial charge in [0.15, 0.2) is 12.7 Å². The third-order valence-corrected chi connectivity index (χ3v) is 3.35. The van der Waals surface area contributed by atoms with Crippen molar-refractivity contribution in [2.45, 2.75) is 27.3 Å². The Morgan fingerprint density at radius 1 is 1.12 bits per heavy atom. The van der Waals surface area contributed by atoms with Crippen molar-refractivity contribution < 1.29 is 23.6 Å². The summed E-state index contributed by atoms with van der Waals surface area (Å²) in [5.74, 6) is -1.35. The third-order valence-electron chi connectivity index (χ3n) is 3.35. The van der Waals surface area contributed by atoms with Crippen molar-refractivity contribution in [3.63, 3.8) is 0 Å². The summed E-state index contributed by atoms with van der Waals surface area (Å²) in [6.07, 6.45) is 3.39. The standard InChI is InChI=1S/C18H21N2O4/c1-4-23-17(21)14(18(22)24-5-2)10-12-20-11-6-7-15-16(20)9-8-13(3)19-15/h6-11H,4-5,12H2,1-3H3/q+1. The van der Waals surface area contributed by atoms with Crippen LogP contribution in [0.15, 0.2) is 42.1 Å². The minimum absolute atomic E-state index is 0.0942. The lowest BCUT2D eigenvalue weighted by atomic mass is 10.2. The quantitative estimate of drug-likeness (QED) is 0.266. The van der Waals surface area contributed by atoms with Gasteiger partial charge in [-0.15, -0.1) is 0 Å². The van der Waals surface area contributed by atoms with Gasteiger partial charge in [0.05, 0.1) is 13.2 Å². The molecule has 6 heteroatoms. The number of fused-ring (bicyclic) bond motifs is 1. The molecule has 2 aromatic heterocycles. The number of nitrogens with zero attached hydrogens (tertiary/aromatic N) is 2. The molecule has 0 aliphatic carbocycles. The number of esters is 2. The minimum Gasteiger partial charge on any atom is -0.462 e. The summed E-state index contributed by atoms with van der Waals surface area (Å²) in [6, 6.07) is 7.66. The molecule has 0 aliphatic rings. The van der Waals surface area contributed by atoms with E-state index in [0.717, 1.165) is 16.7 Å². The Morgan fingerprint density at radius 3 is 2.42 bits per heavy atom. The van der Waals surface area contributed by atoms with Gasteiger partial charge in [-0.1, -0.05) is 0 Å². The summed E-state index contributed by atoms with van der Waals surface area (Å²) in [5.41, 5.74) is 2.59. The van der Waals surface area contributed by atoms with Crippen LogP contribution in [-0.4, -0.2) is 30.1 Å². The van der Waals surface area contributed by atoms with E-state index in [9.17, 15) is 9.59 Å². The number of ether oxygens (including phenoxy) is 2. The first-order valence-corrected chi connectivity index (χ1v) is 7.87. The Balaban J connectivity index is 2.34. The molecular formula is C18H21N2O4+. The molecule has 0 fully saturated rings. The van der Waals surface area contributed by atoms with Gasteiger partial charge in [0.1, 0.15) is 11.1 Å².